The Balaban J connectivity index is 2.47. The first-order chi connectivity index (χ1) is 8.01. The van der Waals surface area contributed by atoms with Crippen LogP contribution in [0.5, 0.6) is 0 Å². The lowest BCUT2D eigenvalue weighted by Crippen LogP contribution is -2.40. The van der Waals surface area contributed by atoms with E-state index in [1.807, 2.05) is 0 Å². The Bertz CT molecular complexity index is 277. The molecule has 0 radical (unpaired) electrons. The molecular formula is C11H18O6. The third kappa shape index (κ3) is 5.14. The largest absolute Gasteiger partial charge is 0.463 e. The van der Waals surface area contributed by atoms with Gasteiger partial charge < -0.3 is 18.9 Å². The zero-order valence-corrected chi connectivity index (χ0v) is 10.3. The van der Waals surface area contributed by atoms with E-state index in [1.54, 1.807) is 0 Å². The molecule has 1 rings (SSSR count). The number of rotatable bonds is 4. The van der Waals surface area contributed by atoms with E-state index in [2.05, 4.69) is 0 Å². The van der Waals surface area contributed by atoms with Crippen LogP contribution >= 0.6 is 0 Å². The van der Waals surface area contributed by atoms with Crippen molar-refractivity contribution in [3.8, 4) is 0 Å². The lowest BCUT2D eigenvalue weighted by Gasteiger charge is -2.33. The summed E-state index contributed by atoms with van der Waals surface area (Å²) in [4.78, 5) is 21.6. The summed E-state index contributed by atoms with van der Waals surface area (Å²) in [5, 5.41) is 0. The van der Waals surface area contributed by atoms with Gasteiger partial charge in [0.1, 0.15) is 12.7 Å². The van der Waals surface area contributed by atoms with Gasteiger partial charge >= 0.3 is 11.9 Å². The number of methoxy groups -OCH3 is 1. The van der Waals surface area contributed by atoms with Crippen LogP contribution in [0.4, 0.5) is 0 Å². The molecule has 6 nitrogen and oxygen atoms in total. The fourth-order valence-electron chi connectivity index (χ4n) is 1.73. The third-order valence-electron chi connectivity index (χ3n) is 2.39. The highest BCUT2D eigenvalue weighted by molar-refractivity contribution is 5.66. The molecule has 0 unspecified atom stereocenters. The average Bonchev–Trinajstić information content (AvgIpc) is 2.25. The molecule has 98 valence electrons. The highest BCUT2D eigenvalue weighted by Crippen LogP contribution is 2.23. The van der Waals surface area contributed by atoms with Gasteiger partial charge in [-0.25, -0.2) is 0 Å². The standard InChI is InChI=1S/C11H18O6/c1-7(12)15-6-10-4-9(16-8(2)13)5-11(14-3)17-10/h9-11H,4-6H2,1-3H3/t9-,10+,11+/m1/s1. The van der Waals surface area contributed by atoms with Crippen molar-refractivity contribution in [1.29, 1.82) is 0 Å². The second kappa shape index (κ2) is 6.56. The van der Waals surface area contributed by atoms with Crippen LogP contribution in [-0.4, -0.2) is 44.2 Å². The molecule has 0 aromatic carbocycles. The molecule has 1 fully saturated rings. The molecule has 0 spiro atoms. The summed E-state index contributed by atoms with van der Waals surface area (Å²) >= 11 is 0. The fourth-order valence-corrected chi connectivity index (χ4v) is 1.73. The van der Waals surface area contributed by atoms with Crippen molar-refractivity contribution in [1.82, 2.24) is 0 Å². The van der Waals surface area contributed by atoms with Gasteiger partial charge in [0.05, 0.1) is 6.10 Å². The Kier molecular flexibility index (Phi) is 5.37. The minimum atomic E-state index is -0.436. The van der Waals surface area contributed by atoms with Crippen LogP contribution in [0.25, 0.3) is 0 Å². The lowest BCUT2D eigenvalue weighted by atomic mass is 10.1. The summed E-state index contributed by atoms with van der Waals surface area (Å²) in [6.45, 7) is 2.84. The van der Waals surface area contributed by atoms with Gasteiger partial charge in [0, 0.05) is 33.8 Å². The van der Waals surface area contributed by atoms with Gasteiger partial charge in [-0.1, -0.05) is 0 Å². The molecule has 3 atom stereocenters. The van der Waals surface area contributed by atoms with Gasteiger partial charge in [0.15, 0.2) is 6.29 Å². The zero-order chi connectivity index (χ0) is 12.8. The van der Waals surface area contributed by atoms with Crippen LogP contribution in [0.15, 0.2) is 0 Å². The molecule has 0 saturated carbocycles. The van der Waals surface area contributed by atoms with E-state index in [0.29, 0.717) is 12.8 Å². The highest BCUT2D eigenvalue weighted by atomic mass is 16.7. The Labute approximate surface area is 100 Å². The lowest BCUT2D eigenvalue weighted by molar-refractivity contribution is -0.220. The molecule has 1 aliphatic rings. The van der Waals surface area contributed by atoms with E-state index >= 15 is 0 Å². The number of hydrogen-bond donors (Lipinski definition) is 0. The van der Waals surface area contributed by atoms with E-state index in [-0.39, 0.29) is 30.8 Å². The first-order valence-electron chi connectivity index (χ1n) is 5.50. The Hall–Kier alpha value is -1.14. The monoisotopic (exact) mass is 246 g/mol. The average molecular weight is 246 g/mol. The van der Waals surface area contributed by atoms with E-state index in [9.17, 15) is 9.59 Å². The first-order valence-corrected chi connectivity index (χ1v) is 5.50. The van der Waals surface area contributed by atoms with Gasteiger partial charge in [-0.3, -0.25) is 9.59 Å². The van der Waals surface area contributed by atoms with Gasteiger partial charge in [0.2, 0.25) is 0 Å². The minimum Gasteiger partial charge on any atom is -0.463 e. The molecule has 0 amide bonds. The van der Waals surface area contributed by atoms with Crippen molar-refractivity contribution >= 4 is 11.9 Å². The summed E-state index contributed by atoms with van der Waals surface area (Å²) in [6, 6.07) is 0. The summed E-state index contributed by atoms with van der Waals surface area (Å²) < 4.78 is 20.6. The van der Waals surface area contributed by atoms with Crippen molar-refractivity contribution in [2.45, 2.75) is 45.2 Å². The van der Waals surface area contributed by atoms with E-state index in [0.717, 1.165) is 0 Å². The maximum absolute atomic E-state index is 10.9. The molecule has 6 heteroatoms. The summed E-state index contributed by atoms with van der Waals surface area (Å²) in [6.07, 6.45) is 0.00157. The molecule has 0 bridgehead atoms. The smallest absolute Gasteiger partial charge is 0.302 e. The van der Waals surface area contributed by atoms with Crippen LogP contribution in [-0.2, 0) is 28.5 Å². The normalized spacial score (nSPS) is 28.5. The molecular weight excluding hydrogens is 228 g/mol. The maximum Gasteiger partial charge on any atom is 0.302 e. The third-order valence-corrected chi connectivity index (χ3v) is 2.39. The van der Waals surface area contributed by atoms with Gasteiger partial charge in [-0.05, 0) is 0 Å². The Morgan fingerprint density at radius 2 is 1.94 bits per heavy atom. The first kappa shape index (κ1) is 13.9. The van der Waals surface area contributed by atoms with Crippen LogP contribution in [0.1, 0.15) is 26.7 Å². The van der Waals surface area contributed by atoms with Crippen molar-refractivity contribution in [2.75, 3.05) is 13.7 Å². The van der Waals surface area contributed by atoms with Gasteiger partial charge in [-0.15, -0.1) is 0 Å². The van der Waals surface area contributed by atoms with E-state index < -0.39 is 6.29 Å². The number of carbonyl (C=O) groups excluding carboxylic acids is 2. The zero-order valence-electron chi connectivity index (χ0n) is 10.3. The molecule has 17 heavy (non-hydrogen) atoms. The molecule has 1 aliphatic heterocycles. The predicted octanol–water partition coefficient (Wildman–Crippen LogP) is 0.633. The van der Waals surface area contributed by atoms with Crippen LogP contribution in [0.2, 0.25) is 0 Å². The number of ether oxygens (including phenoxy) is 4. The predicted molar refractivity (Wildman–Crippen MR) is 57.1 cm³/mol. The Morgan fingerprint density at radius 3 is 2.47 bits per heavy atom. The van der Waals surface area contributed by atoms with Crippen molar-refractivity contribution < 1.29 is 28.5 Å². The van der Waals surface area contributed by atoms with E-state index in [1.165, 1.54) is 21.0 Å². The maximum atomic E-state index is 10.9. The van der Waals surface area contributed by atoms with Crippen LogP contribution in [0.3, 0.4) is 0 Å². The summed E-state index contributed by atoms with van der Waals surface area (Å²) in [5.74, 6) is -0.699. The second-order valence-corrected chi connectivity index (χ2v) is 3.93. The minimum absolute atomic E-state index is 0.146. The molecule has 0 aromatic heterocycles. The van der Waals surface area contributed by atoms with Crippen LogP contribution < -0.4 is 0 Å². The molecule has 0 aliphatic carbocycles. The molecule has 0 N–H and O–H groups in total. The Morgan fingerprint density at radius 1 is 1.24 bits per heavy atom. The quantitative estimate of drug-likeness (QED) is 0.678. The number of hydrogen-bond acceptors (Lipinski definition) is 6. The summed E-state index contributed by atoms with van der Waals surface area (Å²) in [7, 11) is 1.52. The van der Waals surface area contributed by atoms with Crippen LogP contribution in [0, 0.1) is 0 Å². The van der Waals surface area contributed by atoms with Gasteiger partial charge in [-0.2, -0.15) is 0 Å². The second-order valence-electron chi connectivity index (χ2n) is 3.93. The topological polar surface area (TPSA) is 71.1 Å². The summed E-state index contributed by atoms with van der Waals surface area (Å²) in [5.41, 5.74) is 0. The number of carbonyl (C=O) groups is 2. The fraction of sp³-hybridized carbons (Fsp3) is 0.818. The van der Waals surface area contributed by atoms with Gasteiger partial charge in [0.25, 0.3) is 0 Å². The van der Waals surface area contributed by atoms with E-state index in [4.69, 9.17) is 18.9 Å². The van der Waals surface area contributed by atoms with Crippen molar-refractivity contribution in [3.05, 3.63) is 0 Å². The number of esters is 2. The molecule has 1 saturated heterocycles. The van der Waals surface area contributed by atoms with Crippen molar-refractivity contribution in [2.24, 2.45) is 0 Å². The molecule has 1 heterocycles. The molecule has 0 aromatic rings. The highest BCUT2D eigenvalue weighted by Gasteiger charge is 2.31. The SMILES string of the molecule is CO[C@@H]1C[C@H](OC(C)=O)C[C@@H](COC(C)=O)O1. The van der Waals surface area contributed by atoms with Crippen molar-refractivity contribution in [3.63, 3.8) is 0 Å².